The van der Waals surface area contributed by atoms with E-state index >= 15 is 0 Å². The van der Waals surface area contributed by atoms with Crippen molar-refractivity contribution in [3.63, 3.8) is 0 Å². The van der Waals surface area contributed by atoms with Crippen LogP contribution in [0.2, 0.25) is 0 Å². The molecule has 1 aromatic rings. The van der Waals surface area contributed by atoms with E-state index in [-0.39, 0.29) is 0 Å². The largest absolute Gasteiger partial charge is 0.379 e. The monoisotopic (exact) mass is 361 g/mol. The lowest BCUT2D eigenvalue weighted by atomic mass is 9.92. The van der Waals surface area contributed by atoms with Gasteiger partial charge in [-0.2, -0.15) is 0 Å². The van der Waals surface area contributed by atoms with Gasteiger partial charge in [0.25, 0.3) is 0 Å². The third-order valence-corrected chi connectivity index (χ3v) is 5.21. The molecule has 6 nitrogen and oxygen atoms in total. The molecule has 1 aliphatic rings. The molecule has 0 radical (unpaired) electrons. The van der Waals surface area contributed by atoms with E-state index in [2.05, 4.69) is 45.4 Å². The SMILES string of the molecule is CCC(CC)C(CNC(=NC)NCCc1ccccn1)N1CCOCC1. The van der Waals surface area contributed by atoms with Crippen LogP contribution in [0.25, 0.3) is 0 Å². The first-order valence-corrected chi connectivity index (χ1v) is 9.94. The van der Waals surface area contributed by atoms with E-state index in [0.717, 1.165) is 57.5 Å². The average Bonchev–Trinajstić information content (AvgIpc) is 2.71. The molecular formula is C20H35N5O. The van der Waals surface area contributed by atoms with Crippen molar-refractivity contribution < 1.29 is 4.74 Å². The van der Waals surface area contributed by atoms with Crippen LogP contribution in [0.3, 0.4) is 0 Å². The van der Waals surface area contributed by atoms with Crippen molar-refractivity contribution in [3.05, 3.63) is 30.1 Å². The summed E-state index contributed by atoms with van der Waals surface area (Å²) in [5, 5.41) is 6.95. The van der Waals surface area contributed by atoms with Crippen LogP contribution >= 0.6 is 0 Å². The number of hydrogen-bond acceptors (Lipinski definition) is 4. The number of guanidine groups is 1. The number of morpholine rings is 1. The van der Waals surface area contributed by atoms with Crippen molar-refractivity contribution in [1.82, 2.24) is 20.5 Å². The van der Waals surface area contributed by atoms with Crippen molar-refractivity contribution in [1.29, 1.82) is 0 Å². The minimum absolute atomic E-state index is 0.517. The van der Waals surface area contributed by atoms with Gasteiger partial charge in [-0.25, -0.2) is 0 Å². The third kappa shape index (κ3) is 6.57. The maximum atomic E-state index is 5.53. The number of pyridine rings is 1. The fourth-order valence-electron chi connectivity index (χ4n) is 3.61. The molecule has 1 atom stereocenters. The first-order chi connectivity index (χ1) is 12.8. The second-order valence-electron chi connectivity index (χ2n) is 6.74. The Bertz CT molecular complexity index is 512. The van der Waals surface area contributed by atoms with Gasteiger partial charge in [0.05, 0.1) is 13.2 Å². The predicted octanol–water partition coefficient (Wildman–Crippen LogP) is 1.93. The Kier molecular flexibility index (Phi) is 9.42. The van der Waals surface area contributed by atoms with Gasteiger partial charge >= 0.3 is 0 Å². The molecule has 1 saturated heterocycles. The molecule has 1 fully saturated rings. The van der Waals surface area contributed by atoms with Gasteiger partial charge in [0.2, 0.25) is 0 Å². The van der Waals surface area contributed by atoms with Gasteiger partial charge in [-0.3, -0.25) is 14.9 Å². The van der Waals surface area contributed by atoms with Gasteiger partial charge in [0.15, 0.2) is 5.96 Å². The molecule has 0 saturated carbocycles. The van der Waals surface area contributed by atoms with E-state index in [1.165, 1.54) is 12.8 Å². The van der Waals surface area contributed by atoms with Crippen LogP contribution in [-0.4, -0.2) is 68.3 Å². The number of nitrogens with zero attached hydrogens (tertiary/aromatic N) is 3. The molecule has 1 aliphatic heterocycles. The molecular weight excluding hydrogens is 326 g/mol. The fraction of sp³-hybridized carbons (Fsp3) is 0.700. The molecule has 0 bridgehead atoms. The summed E-state index contributed by atoms with van der Waals surface area (Å²) in [5.74, 6) is 1.55. The molecule has 2 rings (SSSR count). The zero-order valence-electron chi connectivity index (χ0n) is 16.6. The first kappa shape index (κ1) is 20.6. The Morgan fingerprint density at radius 2 is 2.00 bits per heavy atom. The summed E-state index contributed by atoms with van der Waals surface area (Å²) in [6.45, 7) is 10.0. The zero-order chi connectivity index (χ0) is 18.6. The Balaban J connectivity index is 1.84. The lowest BCUT2D eigenvalue weighted by molar-refractivity contribution is 0.00272. The number of ether oxygens (including phenoxy) is 1. The van der Waals surface area contributed by atoms with Gasteiger partial charge in [0.1, 0.15) is 0 Å². The van der Waals surface area contributed by atoms with Crippen LogP contribution < -0.4 is 10.6 Å². The first-order valence-electron chi connectivity index (χ1n) is 9.94. The number of rotatable bonds is 9. The van der Waals surface area contributed by atoms with Gasteiger partial charge in [-0.1, -0.05) is 32.8 Å². The molecule has 6 heteroatoms. The van der Waals surface area contributed by atoms with Crippen molar-refractivity contribution in [2.75, 3.05) is 46.4 Å². The van der Waals surface area contributed by atoms with Gasteiger partial charge < -0.3 is 15.4 Å². The van der Waals surface area contributed by atoms with E-state index in [1.807, 2.05) is 25.4 Å². The standard InChI is InChI=1S/C20H35N5O/c1-4-17(5-2)19(25-12-14-26-15-13-25)16-24-20(21-3)23-11-9-18-8-6-7-10-22-18/h6-8,10,17,19H,4-5,9,11-16H2,1-3H3,(H2,21,23,24). The topological polar surface area (TPSA) is 61.8 Å². The van der Waals surface area contributed by atoms with Crippen LogP contribution in [-0.2, 0) is 11.2 Å². The van der Waals surface area contributed by atoms with Crippen LogP contribution in [0.5, 0.6) is 0 Å². The van der Waals surface area contributed by atoms with E-state index in [0.29, 0.717) is 12.0 Å². The minimum Gasteiger partial charge on any atom is -0.379 e. The lowest BCUT2D eigenvalue weighted by Crippen LogP contribution is -2.53. The summed E-state index contributed by atoms with van der Waals surface area (Å²) in [6.07, 6.45) is 5.13. The van der Waals surface area contributed by atoms with Crippen LogP contribution in [0.15, 0.2) is 29.4 Å². The molecule has 1 unspecified atom stereocenters. The zero-order valence-corrected chi connectivity index (χ0v) is 16.6. The summed E-state index contributed by atoms with van der Waals surface area (Å²) in [4.78, 5) is 11.3. The average molecular weight is 362 g/mol. The number of aromatic nitrogens is 1. The molecule has 2 heterocycles. The Morgan fingerprint density at radius 3 is 2.62 bits per heavy atom. The van der Waals surface area contributed by atoms with Crippen molar-refractivity contribution in [2.24, 2.45) is 10.9 Å². The molecule has 0 aromatic carbocycles. The molecule has 146 valence electrons. The fourth-order valence-corrected chi connectivity index (χ4v) is 3.61. The number of hydrogen-bond donors (Lipinski definition) is 2. The number of nitrogens with one attached hydrogen (secondary N) is 2. The molecule has 0 spiro atoms. The molecule has 0 amide bonds. The predicted molar refractivity (Wildman–Crippen MR) is 108 cm³/mol. The van der Waals surface area contributed by atoms with E-state index in [1.54, 1.807) is 0 Å². The maximum absolute atomic E-state index is 5.53. The van der Waals surface area contributed by atoms with Crippen molar-refractivity contribution >= 4 is 5.96 Å². The van der Waals surface area contributed by atoms with Crippen molar-refractivity contribution in [2.45, 2.75) is 39.2 Å². The molecule has 26 heavy (non-hydrogen) atoms. The highest BCUT2D eigenvalue weighted by atomic mass is 16.5. The lowest BCUT2D eigenvalue weighted by Gasteiger charge is -2.39. The normalized spacial score (nSPS) is 17.3. The highest BCUT2D eigenvalue weighted by Gasteiger charge is 2.26. The second kappa shape index (κ2) is 11.9. The molecule has 1 aromatic heterocycles. The highest BCUT2D eigenvalue weighted by molar-refractivity contribution is 5.79. The second-order valence-corrected chi connectivity index (χ2v) is 6.74. The molecule has 0 aliphatic carbocycles. The van der Waals surface area contributed by atoms with E-state index in [4.69, 9.17) is 4.74 Å². The highest BCUT2D eigenvalue weighted by Crippen LogP contribution is 2.19. The van der Waals surface area contributed by atoms with Gasteiger partial charge in [-0.05, 0) is 18.1 Å². The summed E-state index contributed by atoms with van der Waals surface area (Å²) in [5.41, 5.74) is 1.10. The minimum atomic E-state index is 0.517. The maximum Gasteiger partial charge on any atom is 0.191 e. The summed E-state index contributed by atoms with van der Waals surface area (Å²) < 4.78 is 5.53. The molecule has 2 N–H and O–H groups in total. The number of aliphatic imine (C=N–C) groups is 1. The summed E-state index contributed by atoms with van der Waals surface area (Å²) in [7, 11) is 1.83. The smallest absolute Gasteiger partial charge is 0.191 e. The van der Waals surface area contributed by atoms with Gasteiger partial charge in [-0.15, -0.1) is 0 Å². The van der Waals surface area contributed by atoms with E-state index in [9.17, 15) is 0 Å². The Hall–Kier alpha value is -1.66. The summed E-state index contributed by atoms with van der Waals surface area (Å²) >= 11 is 0. The van der Waals surface area contributed by atoms with Crippen LogP contribution in [0.4, 0.5) is 0 Å². The van der Waals surface area contributed by atoms with Crippen LogP contribution in [0, 0.1) is 5.92 Å². The Labute approximate surface area is 158 Å². The van der Waals surface area contributed by atoms with Gasteiger partial charge in [0, 0.05) is 57.6 Å². The third-order valence-electron chi connectivity index (χ3n) is 5.21. The van der Waals surface area contributed by atoms with Crippen molar-refractivity contribution in [3.8, 4) is 0 Å². The summed E-state index contributed by atoms with van der Waals surface area (Å²) in [6, 6.07) is 6.54. The Morgan fingerprint density at radius 1 is 1.23 bits per heavy atom. The van der Waals surface area contributed by atoms with E-state index < -0.39 is 0 Å². The van der Waals surface area contributed by atoms with Crippen LogP contribution in [0.1, 0.15) is 32.4 Å². The quantitative estimate of drug-likeness (QED) is 0.520.